The Hall–Kier alpha value is -3.98. The van der Waals surface area contributed by atoms with Crippen LogP contribution in [0.25, 0.3) is 17.8 Å². The average Bonchev–Trinajstić information content (AvgIpc) is 2.72. The third-order valence-electron chi connectivity index (χ3n) is 4.74. The third kappa shape index (κ3) is 4.20. The van der Waals surface area contributed by atoms with Crippen LogP contribution < -0.4 is 5.56 Å². The fourth-order valence-electron chi connectivity index (χ4n) is 3.07. The lowest BCUT2D eigenvalue weighted by atomic mass is 10.0. The van der Waals surface area contributed by atoms with Crippen LogP contribution in [0.4, 0.5) is 0 Å². The number of benzene rings is 2. The SMILES string of the molecule is Cc1cccc(-n2nc(C(=O)O)c(/C=C\c3ccc(C(C)C)cc3)c(C#N)c2=O)c1. The van der Waals surface area contributed by atoms with Crippen molar-refractivity contribution in [2.24, 2.45) is 0 Å². The van der Waals surface area contributed by atoms with Crippen LogP contribution in [0.5, 0.6) is 0 Å². The van der Waals surface area contributed by atoms with Crippen molar-refractivity contribution < 1.29 is 9.90 Å². The zero-order valence-electron chi connectivity index (χ0n) is 17.0. The van der Waals surface area contributed by atoms with Crippen LogP contribution in [0, 0.1) is 18.3 Å². The normalized spacial score (nSPS) is 11.0. The van der Waals surface area contributed by atoms with Gasteiger partial charge in [0.25, 0.3) is 5.56 Å². The predicted octanol–water partition coefficient (Wildman–Crippen LogP) is 4.40. The third-order valence-corrected chi connectivity index (χ3v) is 4.74. The number of nitriles is 1. The molecule has 6 nitrogen and oxygen atoms in total. The lowest BCUT2D eigenvalue weighted by Crippen LogP contribution is -2.28. The summed E-state index contributed by atoms with van der Waals surface area (Å²) in [5.41, 5.74) is 1.99. The standard InChI is InChI=1S/C24H21N3O3/c1-15(2)18-10-7-17(8-11-18)9-12-20-21(14-25)23(28)27(26-22(20)24(29)30)19-6-4-5-16(3)13-19/h4-13,15H,1-3H3,(H,29,30)/b12-9-. The van der Waals surface area contributed by atoms with Crippen molar-refractivity contribution in [2.45, 2.75) is 26.7 Å². The van der Waals surface area contributed by atoms with E-state index < -0.39 is 11.5 Å². The molecule has 0 aliphatic heterocycles. The highest BCUT2D eigenvalue weighted by Gasteiger charge is 2.21. The molecule has 1 N–H and O–H groups in total. The van der Waals surface area contributed by atoms with Gasteiger partial charge in [0.2, 0.25) is 0 Å². The van der Waals surface area contributed by atoms with E-state index in [2.05, 4.69) is 18.9 Å². The largest absolute Gasteiger partial charge is 0.476 e. The van der Waals surface area contributed by atoms with Crippen molar-refractivity contribution >= 4 is 18.1 Å². The van der Waals surface area contributed by atoms with Crippen LogP contribution in [0.2, 0.25) is 0 Å². The lowest BCUT2D eigenvalue weighted by Gasteiger charge is -2.10. The van der Waals surface area contributed by atoms with Gasteiger partial charge in [-0.3, -0.25) is 4.79 Å². The maximum Gasteiger partial charge on any atom is 0.357 e. The Morgan fingerprint density at radius 1 is 1.17 bits per heavy atom. The van der Waals surface area contributed by atoms with Gasteiger partial charge in [-0.2, -0.15) is 15.0 Å². The summed E-state index contributed by atoms with van der Waals surface area (Å²) in [4.78, 5) is 24.8. The molecule has 3 rings (SSSR count). The van der Waals surface area contributed by atoms with Gasteiger partial charge in [-0.05, 0) is 41.7 Å². The summed E-state index contributed by atoms with van der Waals surface area (Å²) >= 11 is 0. The van der Waals surface area contributed by atoms with Gasteiger partial charge in [0.15, 0.2) is 5.69 Å². The number of hydrogen-bond acceptors (Lipinski definition) is 4. The highest BCUT2D eigenvalue weighted by Crippen LogP contribution is 2.18. The first-order valence-corrected chi connectivity index (χ1v) is 9.47. The predicted molar refractivity (Wildman–Crippen MR) is 116 cm³/mol. The summed E-state index contributed by atoms with van der Waals surface area (Å²) < 4.78 is 0.962. The number of carbonyl (C=O) groups is 1. The number of aryl methyl sites for hydroxylation is 1. The second-order valence-corrected chi connectivity index (χ2v) is 7.26. The number of aromatic carboxylic acids is 1. The monoisotopic (exact) mass is 399 g/mol. The van der Waals surface area contributed by atoms with Crippen molar-refractivity contribution in [1.82, 2.24) is 9.78 Å². The molecule has 0 amide bonds. The van der Waals surface area contributed by atoms with E-state index in [1.807, 2.05) is 43.3 Å². The van der Waals surface area contributed by atoms with Gasteiger partial charge >= 0.3 is 5.97 Å². The van der Waals surface area contributed by atoms with Crippen molar-refractivity contribution in [3.8, 4) is 11.8 Å². The zero-order valence-corrected chi connectivity index (χ0v) is 17.0. The molecule has 150 valence electrons. The first-order valence-electron chi connectivity index (χ1n) is 9.47. The summed E-state index contributed by atoms with van der Waals surface area (Å²) in [5, 5.41) is 23.3. The molecule has 0 radical (unpaired) electrons. The summed E-state index contributed by atoms with van der Waals surface area (Å²) in [6.07, 6.45) is 3.13. The van der Waals surface area contributed by atoms with E-state index in [0.717, 1.165) is 15.8 Å². The molecule has 1 aromatic heterocycles. The molecule has 0 saturated carbocycles. The Kier molecular flexibility index (Phi) is 5.93. The molecule has 0 aliphatic carbocycles. The minimum Gasteiger partial charge on any atom is -0.476 e. The van der Waals surface area contributed by atoms with Gasteiger partial charge in [0.05, 0.1) is 5.69 Å². The van der Waals surface area contributed by atoms with Crippen molar-refractivity contribution in [2.75, 3.05) is 0 Å². The molecular weight excluding hydrogens is 378 g/mol. The molecule has 0 bridgehead atoms. The smallest absolute Gasteiger partial charge is 0.357 e. The Morgan fingerprint density at radius 2 is 1.87 bits per heavy atom. The van der Waals surface area contributed by atoms with E-state index in [-0.39, 0.29) is 16.8 Å². The highest BCUT2D eigenvalue weighted by atomic mass is 16.4. The van der Waals surface area contributed by atoms with E-state index in [1.165, 1.54) is 11.6 Å². The topological polar surface area (TPSA) is 96.0 Å². The van der Waals surface area contributed by atoms with E-state index >= 15 is 0 Å². The molecule has 3 aromatic rings. The number of carboxylic acid groups (broad SMARTS) is 1. The molecule has 1 heterocycles. The molecular formula is C24H21N3O3. The number of aromatic nitrogens is 2. The van der Waals surface area contributed by atoms with Gasteiger partial charge < -0.3 is 5.11 Å². The summed E-state index contributed by atoms with van der Waals surface area (Å²) in [6, 6.07) is 16.6. The van der Waals surface area contributed by atoms with Crippen molar-refractivity contribution in [3.05, 3.63) is 92.4 Å². The van der Waals surface area contributed by atoms with Gasteiger partial charge in [-0.1, -0.05) is 62.4 Å². The van der Waals surface area contributed by atoms with Crippen LogP contribution in [0.15, 0.2) is 53.3 Å². The first kappa shape index (κ1) is 20.7. The Morgan fingerprint density at radius 3 is 2.43 bits per heavy atom. The quantitative estimate of drug-likeness (QED) is 0.686. The lowest BCUT2D eigenvalue weighted by molar-refractivity contribution is 0.0688. The molecule has 0 saturated heterocycles. The summed E-state index contributed by atoms with van der Waals surface area (Å²) in [6.45, 7) is 6.04. The molecule has 2 aromatic carbocycles. The van der Waals surface area contributed by atoms with E-state index in [1.54, 1.807) is 24.3 Å². The molecule has 0 spiro atoms. The highest BCUT2D eigenvalue weighted by molar-refractivity contribution is 5.92. The van der Waals surface area contributed by atoms with E-state index in [9.17, 15) is 20.0 Å². The minimum atomic E-state index is -1.32. The Balaban J connectivity index is 2.14. The molecule has 0 atom stereocenters. The number of carboxylic acids is 1. The Labute approximate surface area is 174 Å². The second kappa shape index (κ2) is 8.58. The number of rotatable bonds is 5. The van der Waals surface area contributed by atoms with Gasteiger partial charge in [0.1, 0.15) is 11.6 Å². The van der Waals surface area contributed by atoms with Crippen molar-refractivity contribution in [1.29, 1.82) is 5.26 Å². The fourth-order valence-corrected chi connectivity index (χ4v) is 3.07. The zero-order chi connectivity index (χ0) is 21.8. The van der Waals surface area contributed by atoms with Gasteiger partial charge in [0, 0.05) is 5.56 Å². The molecule has 30 heavy (non-hydrogen) atoms. The average molecular weight is 399 g/mol. The molecule has 0 fully saturated rings. The molecule has 0 aliphatic rings. The maximum atomic E-state index is 12.9. The summed E-state index contributed by atoms with van der Waals surface area (Å²) in [7, 11) is 0. The van der Waals surface area contributed by atoms with Gasteiger partial charge in [-0.25, -0.2) is 4.79 Å². The van der Waals surface area contributed by atoms with Crippen LogP contribution in [0.1, 0.15) is 58.1 Å². The number of nitrogens with zero attached hydrogens (tertiary/aromatic N) is 3. The minimum absolute atomic E-state index is 0.00756. The van der Waals surface area contributed by atoms with E-state index in [0.29, 0.717) is 11.6 Å². The second-order valence-electron chi connectivity index (χ2n) is 7.26. The van der Waals surface area contributed by atoms with Crippen molar-refractivity contribution in [3.63, 3.8) is 0 Å². The molecule has 6 heteroatoms. The Bertz CT molecular complexity index is 1230. The summed E-state index contributed by atoms with van der Waals surface area (Å²) in [5.74, 6) is -0.923. The van der Waals surface area contributed by atoms with Crippen LogP contribution in [-0.2, 0) is 0 Å². The number of hydrogen-bond donors (Lipinski definition) is 1. The molecule has 0 unspecified atom stereocenters. The first-order chi connectivity index (χ1) is 14.3. The van der Waals surface area contributed by atoms with Crippen LogP contribution >= 0.6 is 0 Å². The van der Waals surface area contributed by atoms with Crippen LogP contribution in [0.3, 0.4) is 0 Å². The maximum absolute atomic E-state index is 12.9. The van der Waals surface area contributed by atoms with Gasteiger partial charge in [-0.15, -0.1) is 0 Å². The van der Waals surface area contributed by atoms with Crippen LogP contribution in [-0.4, -0.2) is 20.9 Å². The van der Waals surface area contributed by atoms with E-state index in [4.69, 9.17) is 0 Å². The fraction of sp³-hybridized carbons (Fsp3) is 0.167.